The fourth-order valence-electron chi connectivity index (χ4n) is 1.17. The van der Waals surface area contributed by atoms with Gasteiger partial charge in [0, 0.05) is 6.54 Å². The summed E-state index contributed by atoms with van der Waals surface area (Å²) in [5.41, 5.74) is 6.03. The molecule has 0 radical (unpaired) electrons. The number of carbonyl (C=O) groups is 1. The Hall–Kier alpha value is -1.33. The molecule has 0 aliphatic rings. The largest absolute Gasteiger partial charge is 0.494 e. The second kappa shape index (κ2) is 7.09. The number of amides is 1. The first-order chi connectivity index (χ1) is 7.54. The summed E-state index contributed by atoms with van der Waals surface area (Å²) in [6.07, 6.45) is 0. The van der Waals surface area contributed by atoms with Gasteiger partial charge in [-0.3, -0.25) is 4.79 Å². The molecule has 0 saturated heterocycles. The number of hydrogen-bond donors (Lipinski definition) is 2. The fraction of sp³-hybridized carbons (Fsp3) is 0.364. The molecule has 0 heterocycles. The van der Waals surface area contributed by atoms with Crippen molar-refractivity contribution in [1.82, 2.24) is 5.32 Å². The molecule has 1 atom stereocenters. The predicted molar refractivity (Wildman–Crippen MR) is 65.7 cm³/mol. The van der Waals surface area contributed by atoms with E-state index in [0.29, 0.717) is 5.56 Å². The van der Waals surface area contributed by atoms with Crippen molar-refractivity contribution in [1.29, 1.82) is 0 Å². The van der Waals surface area contributed by atoms with Crippen LogP contribution in [0.5, 0.6) is 5.75 Å². The number of hydrogen-bond acceptors (Lipinski definition) is 3. The number of rotatable bonds is 4. The highest BCUT2D eigenvalue weighted by Gasteiger charge is 2.07. The summed E-state index contributed by atoms with van der Waals surface area (Å²) in [5, 5.41) is 2.59. The SMILES string of the molecule is COc1ccc(CNC(=O)C(C)N)cc1F.Cl. The van der Waals surface area contributed by atoms with E-state index < -0.39 is 11.9 Å². The second-order valence-electron chi connectivity index (χ2n) is 3.48. The quantitative estimate of drug-likeness (QED) is 0.858. The van der Waals surface area contributed by atoms with Crippen LogP contribution in [0.25, 0.3) is 0 Å². The molecular weight excluding hydrogens is 247 g/mol. The van der Waals surface area contributed by atoms with Gasteiger partial charge in [0.05, 0.1) is 13.2 Å². The van der Waals surface area contributed by atoms with Crippen molar-refractivity contribution in [3.63, 3.8) is 0 Å². The molecule has 6 heteroatoms. The van der Waals surface area contributed by atoms with Crippen LogP contribution in [-0.4, -0.2) is 19.1 Å². The van der Waals surface area contributed by atoms with Gasteiger partial charge in [-0.15, -0.1) is 12.4 Å². The molecule has 1 aromatic rings. The number of benzene rings is 1. The number of carbonyl (C=O) groups excluding carboxylic acids is 1. The van der Waals surface area contributed by atoms with Crippen molar-refractivity contribution >= 4 is 18.3 Å². The summed E-state index contributed by atoms with van der Waals surface area (Å²) in [6, 6.07) is 3.95. The molecule has 1 amide bonds. The lowest BCUT2D eigenvalue weighted by Gasteiger charge is -2.08. The van der Waals surface area contributed by atoms with Crippen LogP contribution in [0.1, 0.15) is 12.5 Å². The van der Waals surface area contributed by atoms with Crippen LogP contribution in [0.15, 0.2) is 18.2 Å². The average Bonchev–Trinajstić information content (AvgIpc) is 2.25. The Bertz CT molecular complexity index is 386. The van der Waals surface area contributed by atoms with Gasteiger partial charge in [-0.1, -0.05) is 6.07 Å². The van der Waals surface area contributed by atoms with Crippen molar-refractivity contribution in [3.05, 3.63) is 29.6 Å². The van der Waals surface area contributed by atoms with Gasteiger partial charge in [-0.25, -0.2) is 4.39 Å². The Balaban J connectivity index is 0.00000256. The van der Waals surface area contributed by atoms with Crippen molar-refractivity contribution in [2.24, 2.45) is 5.73 Å². The average molecular weight is 263 g/mol. The zero-order valence-corrected chi connectivity index (χ0v) is 10.5. The number of halogens is 2. The van der Waals surface area contributed by atoms with E-state index in [1.807, 2.05) is 0 Å². The Kier molecular flexibility index (Phi) is 6.53. The highest BCUT2D eigenvalue weighted by atomic mass is 35.5. The smallest absolute Gasteiger partial charge is 0.236 e. The summed E-state index contributed by atoms with van der Waals surface area (Å²) in [5.74, 6) is -0.534. The molecule has 0 bridgehead atoms. The van der Waals surface area contributed by atoms with E-state index in [9.17, 15) is 9.18 Å². The van der Waals surface area contributed by atoms with E-state index in [0.717, 1.165) is 0 Å². The first kappa shape index (κ1) is 15.7. The summed E-state index contributed by atoms with van der Waals surface area (Å²) in [6.45, 7) is 1.84. The minimum Gasteiger partial charge on any atom is -0.494 e. The van der Waals surface area contributed by atoms with E-state index >= 15 is 0 Å². The maximum absolute atomic E-state index is 13.3. The van der Waals surface area contributed by atoms with E-state index in [1.165, 1.54) is 19.2 Å². The van der Waals surface area contributed by atoms with Gasteiger partial charge in [0.2, 0.25) is 5.91 Å². The molecule has 96 valence electrons. The van der Waals surface area contributed by atoms with Gasteiger partial charge in [-0.05, 0) is 24.6 Å². The van der Waals surface area contributed by atoms with Crippen LogP contribution in [-0.2, 0) is 11.3 Å². The lowest BCUT2D eigenvalue weighted by atomic mass is 10.2. The van der Waals surface area contributed by atoms with Crippen molar-refractivity contribution < 1.29 is 13.9 Å². The van der Waals surface area contributed by atoms with Crippen LogP contribution in [0, 0.1) is 5.82 Å². The Morgan fingerprint density at radius 1 is 1.59 bits per heavy atom. The highest BCUT2D eigenvalue weighted by molar-refractivity contribution is 5.85. The molecule has 0 fully saturated rings. The van der Waals surface area contributed by atoms with Crippen LogP contribution in [0.3, 0.4) is 0 Å². The van der Waals surface area contributed by atoms with Gasteiger partial charge in [0.25, 0.3) is 0 Å². The summed E-state index contributed by atoms with van der Waals surface area (Å²) in [4.78, 5) is 11.2. The van der Waals surface area contributed by atoms with Crippen molar-refractivity contribution in [2.45, 2.75) is 19.5 Å². The summed E-state index contributed by atoms with van der Waals surface area (Å²) in [7, 11) is 1.40. The third-order valence-electron chi connectivity index (χ3n) is 2.10. The Morgan fingerprint density at radius 3 is 2.71 bits per heavy atom. The van der Waals surface area contributed by atoms with Crippen LogP contribution >= 0.6 is 12.4 Å². The van der Waals surface area contributed by atoms with Crippen LogP contribution in [0.2, 0.25) is 0 Å². The summed E-state index contributed by atoms with van der Waals surface area (Å²) >= 11 is 0. The highest BCUT2D eigenvalue weighted by Crippen LogP contribution is 2.17. The normalized spacial score (nSPS) is 11.3. The third-order valence-corrected chi connectivity index (χ3v) is 2.10. The van der Waals surface area contributed by atoms with Gasteiger partial charge in [-0.2, -0.15) is 0 Å². The molecule has 3 N–H and O–H groups in total. The van der Waals surface area contributed by atoms with E-state index in [-0.39, 0.29) is 30.6 Å². The van der Waals surface area contributed by atoms with Gasteiger partial charge in [0.1, 0.15) is 0 Å². The van der Waals surface area contributed by atoms with Gasteiger partial charge >= 0.3 is 0 Å². The molecule has 17 heavy (non-hydrogen) atoms. The molecule has 1 aromatic carbocycles. The summed E-state index contributed by atoms with van der Waals surface area (Å²) < 4.78 is 18.1. The minimum atomic E-state index is -0.567. The lowest BCUT2D eigenvalue weighted by Crippen LogP contribution is -2.37. The Labute approximate surface area is 106 Å². The van der Waals surface area contributed by atoms with E-state index in [4.69, 9.17) is 10.5 Å². The molecule has 0 aliphatic carbocycles. The molecule has 0 spiro atoms. The first-order valence-electron chi connectivity index (χ1n) is 4.90. The zero-order chi connectivity index (χ0) is 12.1. The topological polar surface area (TPSA) is 64.3 Å². The number of ether oxygens (including phenoxy) is 1. The predicted octanol–water partition coefficient (Wildman–Crippen LogP) is 1.22. The van der Waals surface area contributed by atoms with Crippen LogP contribution in [0.4, 0.5) is 4.39 Å². The van der Waals surface area contributed by atoms with Gasteiger partial charge in [0.15, 0.2) is 11.6 Å². The molecule has 1 unspecified atom stereocenters. The monoisotopic (exact) mass is 262 g/mol. The molecule has 0 aromatic heterocycles. The molecule has 4 nitrogen and oxygen atoms in total. The van der Waals surface area contributed by atoms with E-state index in [2.05, 4.69) is 5.32 Å². The number of nitrogens with two attached hydrogens (primary N) is 1. The number of nitrogens with one attached hydrogen (secondary N) is 1. The standard InChI is InChI=1S/C11H15FN2O2.ClH/c1-7(13)11(15)14-6-8-3-4-10(16-2)9(12)5-8;/h3-5,7H,6,13H2,1-2H3,(H,14,15);1H. The second-order valence-corrected chi connectivity index (χ2v) is 3.48. The van der Waals surface area contributed by atoms with Gasteiger partial charge < -0.3 is 15.8 Å². The minimum absolute atomic E-state index is 0. The molecule has 1 rings (SSSR count). The maximum Gasteiger partial charge on any atom is 0.236 e. The first-order valence-corrected chi connectivity index (χ1v) is 4.90. The van der Waals surface area contributed by atoms with E-state index in [1.54, 1.807) is 13.0 Å². The molecular formula is C11H16ClFN2O2. The number of methoxy groups -OCH3 is 1. The zero-order valence-electron chi connectivity index (χ0n) is 9.70. The third kappa shape index (κ3) is 4.58. The fourth-order valence-corrected chi connectivity index (χ4v) is 1.17. The molecule has 0 saturated carbocycles. The Morgan fingerprint density at radius 2 is 2.24 bits per heavy atom. The molecule has 0 aliphatic heterocycles. The maximum atomic E-state index is 13.3. The lowest BCUT2D eigenvalue weighted by molar-refractivity contribution is -0.122. The van der Waals surface area contributed by atoms with Crippen molar-refractivity contribution in [2.75, 3.05) is 7.11 Å². The van der Waals surface area contributed by atoms with Crippen LogP contribution < -0.4 is 15.8 Å². The van der Waals surface area contributed by atoms with Crippen molar-refractivity contribution in [3.8, 4) is 5.75 Å².